The van der Waals surface area contributed by atoms with Crippen molar-refractivity contribution >= 4 is 29.5 Å². The van der Waals surface area contributed by atoms with Crippen molar-refractivity contribution in [2.24, 2.45) is 0 Å². The average Bonchev–Trinajstić information content (AvgIpc) is 3.21. The van der Waals surface area contributed by atoms with Crippen LogP contribution in [0.25, 0.3) is 0 Å². The lowest BCUT2D eigenvalue weighted by atomic mass is 10.2. The van der Waals surface area contributed by atoms with Crippen LogP contribution in [0.5, 0.6) is 0 Å². The van der Waals surface area contributed by atoms with Crippen molar-refractivity contribution in [1.29, 1.82) is 0 Å². The Balaban J connectivity index is 1.53. The zero-order valence-electron chi connectivity index (χ0n) is 14.8. The molecule has 9 heteroatoms. The van der Waals surface area contributed by atoms with Crippen molar-refractivity contribution in [2.75, 3.05) is 39.3 Å². The molecule has 2 heterocycles. The zero-order valence-corrected chi connectivity index (χ0v) is 15.6. The molecule has 1 aromatic carbocycles. The predicted octanol–water partition coefficient (Wildman–Crippen LogP) is 1.91. The van der Waals surface area contributed by atoms with Crippen LogP contribution in [-0.4, -0.2) is 77.4 Å². The van der Waals surface area contributed by atoms with E-state index in [1.54, 1.807) is 9.80 Å². The number of nitrogens with zero attached hydrogens (tertiary/aromatic N) is 3. The fraction of sp³-hybridized carbons (Fsp3) is 0.500. The second-order valence-corrected chi connectivity index (χ2v) is 7.55. The summed E-state index contributed by atoms with van der Waals surface area (Å²) in [6, 6.07) is 6.06. The molecule has 0 aliphatic carbocycles. The summed E-state index contributed by atoms with van der Waals surface area (Å²) >= 11 is 0.433. The molecule has 1 aromatic rings. The van der Waals surface area contributed by atoms with Crippen molar-refractivity contribution in [3.63, 3.8) is 0 Å². The van der Waals surface area contributed by atoms with Crippen LogP contribution in [0.15, 0.2) is 29.2 Å². The Bertz CT molecular complexity index is 700. The predicted molar refractivity (Wildman–Crippen MR) is 96.6 cm³/mol. The zero-order chi connectivity index (χ0) is 19.4. The average molecular weight is 397 g/mol. The van der Waals surface area contributed by atoms with E-state index in [0.29, 0.717) is 61.5 Å². The summed E-state index contributed by atoms with van der Waals surface area (Å²) in [5.74, 6) is -3.67. The Labute approximate surface area is 160 Å². The number of rotatable bonds is 3. The minimum absolute atomic E-state index is 0.207. The lowest BCUT2D eigenvalue weighted by Crippen LogP contribution is -2.54. The fourth-order valence-electron chi connectivity index (χ4n) is 3.26. The van der Waals surface area contributed by atoms with Crippen LogP contribution in [0.4, 0.5) is 8.78 Å². The molecule has 2 saturated heterocycles. The van der Waals surface area contributed by atoms with Crippen LogP contribution in [0.3, 0.4) is 0 Å². The third-order valence-corrected chi connectivity index (χ3v) is 5.48. The van der Waals surface area contributed by atoms with Gasteiger partial charge in [-0.2, -0.15) is 8.78 Å². The molecule has 0 spiro atoms. The first-order valence-corrected chi connectivity index (χ1v) is 9.76. The molecule has 0 aromatic heterocycles. The van der Waals surface area contributed by atoms with E-state index in [1.807, 2.05) is 0 Å². The smallest absolute Gasteiger partial charge is 0.312 e. The van der Waals surface area contributed by atoms with E-state index in [1.165, 1.54) is 29.2 Å². The SMILES string of the molecule is O=C(C(=O)N1CCN(C(=O)c2ccc(SC(F)F)cc2)CC1)N1CCCC1. The fourth-order valence-corrected chi connectivity index (χ4v) is 3.76. The Morgan fingerprint density at radius 1 is 0.778 bits per heavy atom. The highest BCUT2D eigenvalue weighted by molar-refractivity contribution is 7.99. The molecule has 6 nitrogen and oxygen atoms in total. The number of thioether (sulfide) groups is 1. The van der Waals surface area contributed by atoms with Crippen LogP contribution in [0, 0.1) is 0 Å². The number of hydrogen-bond donors (Lipinski definition) is 0. The number of amides is 3. The van der Waals surface area contributed by atoms with Crippen molar-refractivity contribution in [1.82, 2.24) is 14.7 Å². The third-order valence-electron chi connectivity index (χ3n) is 4.76. The molecule has 146 valence electrons. The van der Waals surface area contributed by atoms with E-state index < -0.39 is 17.6 Å². The molecule has 2 aliphatic rings. The third kappa shape index (κ3) is 4.77. The summed E-state index contributed by atoms with van der Waals surface area (Å²) in [5, 5.41) is 0. The summed E-state index contributed by atoms with van der Waals surface area (Å²) in [6.45, 7) is 2.55. The monoisotopic (exact) mass is 397 g/mol. The quantitative estimate of drug-likeness (QED) is 0.578. The Morgan fingerprint density at radius 2 is 1.26 bits per heavy atom. The number of alkyl halides is 2. The van der Waals surface area contributed by atoms with E-state index in [2.05, 4.69) is 0 Å². The molecule has 0 saturated carbocycles. The maximum atomic E-state index is 12.5. The second-order valence-electron chi connectivity index (χ2n) is 6.49. The first kappa shape index (κ1) is 19.6. The van der Waals surface area contributed by atoms with Crippen molar-refractivity contribution in [3.8, 4) is 0 Å². The van der Waals surface area contributed by atoms with Gasteiger partial charge in [-0.15, -0.1) is 0 Å². The van der Waals surface area contributed by atoms with Gasteiger partial charge in [0.1, 0.15) is 0 Å². The molecule has 0 bridgehead atoms. The largest absolute Gasteiger partial charge is 0.335 e. The first-order valence-electron chi connectivity index (χ1n) is 8.88. The first-order chi connectivity index (χ1) is 13.0. The Kier molecular flexibility index (Phi) is 6.30. The molecular weight excluding hydrogens is 376 g/mol. The number of halogens is 2. The minimum atomic E-state index is -2.50. The number of likely N-dealkylation sites (tertiary alicyclic amines) is 1. The van der Waals surface area contributed by atoms with E-state index in [-0.39, 0.29) is 5.91 Å². The summed E-state index contributed by atoms with van der Waals surface area (Å²) in [6.07, 6.45) is 1.85. The molecule has 2 fully saturated rings. The van der Waals surface area contributed by atoms with Crippen LogP contribution in [-0.2, 0) is 9.59 Å². The molecule has 27 heavy (non-hydrogen) atoms. The maximum Gasteiger partial charge on any atom is 0.312 e. The summed E-state index contributed by atoms with van der Waals surface area (Å²) in [7, 11) is 0. The van der Waals surface area contributed by atoms with Gasteiger partial charge in [0.05, 0.1) is 0 Å². The van der Waals surface area contributed by atoms with Gasteiger partial charge in [0, 0.05) is 49.7 Å². The molecule has 0 unspecified atom stereocenters. The van der Waals surface area contributed by atoms with Gasteiger partial charge in [-0.05, 0) is 37.1 Å². The van der Waals surface area contributed by atoms with E-state index in [4.69, 9.17) is 0 Å². The molecule has 3 rings (SSSR count). The summed E-state index contributed by atoms with van der Waals surface area (Å²) in [5.41, 5.74) is 0.418. The number of carbonyl (C=O) groups is 3. The molecule has 0 radical (unpaired) electrons. The van der Waals surface area contributed by atoms with Gasteiger partial charge in [0.2, 0.25) is 0 Å². The number of hydrogen-bond acceptors (Lipinski definition) is 4. The van der Waals surface area contributed by atoms with E-state index in [9.17, 15) is 23.2 Å². The number of benzene rings is 1. The lowest BCUT2D eigenvalue weighted by molar-refractivity contribution is -0.152. The van der Waals surface area contributed by atoms with Crippen LogP contribution in [0.2, 0.25) is 0 Å². The van der Waals surface area contributed by atoms with Gasteiger partial charge in [0.15, 0.2) is 0 Å². The van der Waals surface area contributed by atoms with Crippen LogP contribution >= 0.6 is 11.8 Å². The van der Waals surface area contributed by atoms with E-state index >= 15 is 0 Å². The highest BCUT2D eigenvalue weighted by Crippen LogP contribution is 2.25. The van der Waals surface area contributed by atoms with Gasteiger partial charge in [-0.25, -0.2) is 0 Å². The van der Waals surface area contributed by atoms with Crippen molar-refractivity contribution in [2.45, 2.75) is 23.5 Å². The Hall–Kier alpha value is -2.16. The van der Waals surface area contributed by atoms with Crippen LogP contribution in [0.1, 0.15) is 23.2 Å². The van der Waals surface area contributed by atoms with Crippen LogP contribution < -0.4 is 0 Å². The topological polar surface area (TPSA) is 60.9 Å². The van der Waals surface area contributed by atoms with Crippen molar-refractivity contribution < 1.29 is 23.2 Å². The standard InChI is InChI=1S/C18H21F2N3O3S/c19-18(20)27-14-5-3-13(4-6-14)15(24)22-9-11-23(12-10-22)17(26)16(25)21-7-1-2-8-21/h3-6,18H,1-2,7-12H2. The van der Waals surface area contributed by atoms with Gasteiger partial charge in [-0.3, -0.25) is 14.4 Å². The highest BCUT2D eigenvalue weighted by Gasteiger charge is 2.31. The Morgan fingerprint density at radius 3 is 1.78 bits per heavy atom. The summed E-state index contributed by atoms with van der Waals surface area (Å²) in [4.78, 5) is 42.1. The van der Waals surface area contributed by atoms with E-state index in [0.717, 1.165) is 12.8 Å². The molecule has 2 aliphatic heterocycles. The van der Waals surface area contributed by atoms with Gasteiger partial charge in [0.25, 0.3) is 11.7 Å². The minimum Gasteiger partial charge on any atom is -0.335 e. The molecular formula is C18H21F2N3O3S. The second kappa shape index (κ2) is 8.69. The summed E-state index contributed by atoms with van der Waals surface area (Å²) < 4.78 is 24.7. The number of carbonyl (C=O) groups excluding carboxylic acids is 3. The lowest BCUT2D eigenvalue weighted by Gasteiger charge is -2.35. The normalized spacial score (nSPS) is 17.5. The highest BCUT2D eigenvalue weighted by atomic mass is 32.2. The molecule has 3 amide bonds. The van der Waals surface area contributed by atoms with Gasteiger partial charge < -0.3 is 14.7 Å². The van der Waals surface area contributed by atoms with Gasteiger partial charge >= 0.3 is 11.8 Å². The molecule has 0 atom stereocenters. The molecule has 0 N–H and O–H groups in total. The van der Waals surface area contributed by atoms with Crippen molar-refractivity contribution in [3.05, 3.63) is 29.8 Å². The number of piperazine rings is 1. The maximum absolute atomic E-state index is 12.5. The van der Waals surface area contributed by atoms with Gasteiger partial charge in [-0.1, -0.05) is 11.8 Å².